The molecule has 2 amide bonds. The van der Waals surface area contributed by atoms with E-state index in [1.54, 1.807) is 24.4 Å². The molecule has 0 saturated carbocycles. The third kappa shape index (κ3) is 3.34. The predicted molar refractivity (Wildman–Crippen MR) is 98.6 cm³/mol. The molecule has 2 aliphatic heterocycles. The van der Waals surface area contributed by atoms with E-state index in [9.17, 15) is 9.59 Å². The Morgan fingerprint density at radius 2 is 2.19 bits per heavy atom. The summed E-state index contributed by atoms with van der Waals surface area (Å²) in [6.07, 6.45) is 6.31. The standard InChI is InChI=1S/C18H19N5O3/c1-18(2)8-10-6-13(11(15(20)24)7-14(10)26-18)23-17(25)12(9-19)16-21-4-3-5-22-16/h3-7,9,19,21H,8H2,1-2H3,(H2,20,24)(H,23,25)/b16-12-,19-9?. The molecule has 0 atom stereocenters. The molecule has 3 rings (SSSR count). The summed E-state index contributed by atoms with van der Waals surface area (Å²) >= 11 is 0. The first-order valence-electron chi connectivity index (χ1n) is 7.98. The second-order valence-electron chi connectivity index (χ2n) is 6.55. The Morgan fingerprint density at radius 3 is 2.81 bits per heavy atom. The fourth-order valence-corrected chi connectivity index (χ4v) is 2.86. The molecule has 0 unspecified atom stereocenters. The molecule has 8 nitrogen and oxygen atoms in total. The number of nitrogens with one attached hydrogen (secondary N) is 3. The minimum Gasteiger partial charge on any atom is -0.487 e. The SMILES string of the molecule is CC1(C)Cc2cc(NC(=O)/C(C=N)=C3\N=CC=CN3)c(C(N)=O)cc2O1. The fraction of sp³-hybridized carbons (Fsp3) is 0.222. The summed E-state index contributed by atoms with van der Waals surface area (Å²) in [5, 5.41) is 13.0. The quantitative estimate of drug-likeness (QED) is 0.482. The smallest absolute Gasteiger partial charge is 0.260 e. The number of fused-ring (bicyclic) bond motifs is 1. The van der Waals surface area contributed by atoms with Crippen molar-refractivity contribution in [1.82, 2.24) is 5.32 Å². The lowest BCUT2D eigenvalue weighted by molar-refractivity contribution is -0.112. The van der Waals surface area contributed by atoms with E-state index in [1.165, 1.54) is 6.21 Å². The topological polar surface area (TPSA) is 130 Å². The van der Waals surface area contributed by atoms with Gasteiger partial charge in [-0.1, -0.05) is 0 Å². The molecule has 0 aliphatic carbocycles. The van der Waals surface area contributed by atoms with Crippen LogP contribution in [0.4, 0.5) is 5.69 Å². The Morgan fingerprint density at radius 1 is 1.42 bits per heavy atom. The first kappa shape index (κ1) is 17.4. The lowest BCUT2D eigenvalue weighted by Crippen LogP contribution is -2.24. The van der Waals surface area contributed by atoms with E-state index in [0.717, 1.165) is 11.8 Å². The van der Waals surface area contributed by atoms with E-state index in [2.05, 4.69) is 15.6 Å². The molecule has 2 heterocycles. The molecule has 8 heteroatoms. The van der Waals surface area contributed by atoms with Crippen LogP contribution < -0.4 is 21.1 Å². The monoisotopic (exact) mass is 353 g/mol. The van der Waals surface area contributed by atoms with Crippen molar-refractivity contribution in [2.24, 2.45) is 10.7 Å². The van der Waals surface area contributed by atoms with Gasteiger partial charge in [0.2, 0.25) is 0 Å². The lowest BCUT2D eigenvalue weighted by atomic mass is 9.99. The van der Waals surface area contributed by atoms with Gasteiger partial charge in [0.15, 0.2) is 0 Å². The molecule has 0 saturated heterocycles. The summed E-state index contributed by atoms with van der Waals surface area (Å²) in [5.41, 5.74) is 6.38. The van der Waals surface area contributed by atoms with Gasteiger partial charge in [-0.15, -0.1) is 0 Å². The highest BCUT2D eigenvalue weighted by Crippen LogP contribution is 2.38. The number of hydrogen-bond donors (Lipinski definition) is 4. The van der Waals surface area contributed by atoms with E-state index in [0.29, 0.717) is 12.2 Å². The molecule has 0 aromatic heterocycles. The molecule has 0 bridgehead atoms. The fourth-order valence-electron chi connectivity index (χ4n) is 2.86. The average molecular weight is 353 g/mol. The van der Waals surface area contributed by atoms with E-state index < -0.39 is 17.4 Å². The third-order valence-electron chi connectivity index (χ3n) is 3.97. The lowest BCUT2D eigenvalue weighted by Gasteiger charge is -2.17. The van der Waals surface area contributed by atoms with Crippen LogP contribution in [0.3, 0.4) is 0 Å². The molecule has 5 N–H and O–H groups in total. The third-order valence-corrected chi connectivity index (χ3v) is 3.97. The highest BCUT2D eigenvalue weighted by molar-refractivity contribution is 6.19. The second-order valence-corrected chi connectivity index (χ2v) is 6.55. The van der Waals surface area contributed by atoms with Crippen molar-refractivity contribution in [1.29, 1.82) is 5.41 Å². The summed E-state index contributed by atoms with van der Waals surface area (Å²) < 4.78 is 5.81. The van der Waals surface area contributed by atoms with Gasteiger partial charge in [0, 0.05) is 30.6 Å². The van der Waals surface area contributed by atoms with Crippen molar-refractivity contribution in [3.8, 4) is 5.75 Å². The number of hydrogen-bond acceptors (Lipinski definition) is 6. The molecular formula is C18H19N5O3. The van der Waals surface area contributed by atoms with Crippen LogP contribution in [0.5, 0.6) is 5.75 Å². The number of primary amides is 1. The number of allylic oxidation sites excluding steroid dienone is 1. The van der Waals surface area contributed by atoms with Crippen LogP contribution in [-0.2, 0) is 11.2 Å². The van der Waals surface area contributed by atoms with Crippen molar-refractivity contribution in [3.05, 3.63) is 46.9 Å². The highest BCUT2D eigenvalue weighted by atomic mass is 16.5. The number of aliphatic imine (C=N–C) groups is 1. The summed E-state index contributed by atoms with van der Waals surface area (Å²) in [7, 11) is 0. The van der Waals surface area contributed by atoms with E-state index in [4.69, 9.17) is 15.9 Å². The minimum absolute atomic E-state index is 0.0260. The maximum Gasteiger partial charge on any atom is 0.260 e. The Kier molecular flexibility index (Phi) is 4.33. The molecule has 0 spiro atoms. The zero-order chi connectivity index (χ0) is 18.9. The Bertz CT molecular complexity index is 896. The van der Waals surface area contributed by atoms with Gasteiger partial charge in [-0.2, -0.15) is 0 Å². The minimum atomic E-state index is -0.683. The van der Waals surface area contributed by atoms with Gasteiger partial charge in [-0.05, 0) is 32.1 Å². The second kappa shape index (κ2) is 6.47. The van der Waals surface area contributed by atoms with Crippen LogP contribution in [-0.4, -0.2) is 29.8 Å². The summed E-state index contributed by atoms with van der Waals surface area (Å²) in [5.74, 6) is -0.435. The molecule has 2 aliphatic rings. The summed E-state index contributed by atoms with van der Waals surface area (Å²) in [4.78, 5) is 28.5. The first-order valence-corrected chi connectivity index (χ1v) is 7.98. The van der Waals surface area contributed by atoms with E-state index in [1.807, 2.05) is 13.8 Å². The van der Waals surface area contributed by atoms with Crippen LogP contribution in [0.2, 0.25) is 0 Å². The molecule has 1 aromatic carbocycles. The first-order chi connectivity index (χ1) is 12.3. The summed E-state index contributed by atoms with van der Waals surface area (Å²) in [6, 6.07) is 3.23. The number of rotatable bonds is 4. The molecule has 1 aromatic rings. The van der Waals surface area contributed by atoms with Crippen LogP contribution in [0.1, 0.15) is 29.8 Å². The molecular weight excluding hydrogens is 334 g/mol. The van der Waals surface area contributed by atoms with Crippen LogP contribution in [0.25, 0.3) is 0 Å². The van der Waals surface area contributed by atoms with Crippen molar-refractivity contribution in [2.75, 3.05) is 5.32 Å². The van der Waals surface area contributed by atoms with Crippen LogP contribution >= 0.6 is 0 Å². The highest BCUT2D eigenvalue weighted by Gasteiger charge is 2.32. The van der Waals surface area contributed by atoms with Gasteiger partial charge in [-0.25, -0.2) is 4.99 Å². The molecule has 0 fully saturated rings. The number of carbonyl (C=O) groups is 2. The summed E-state index contributed by atoms with van der Waals surface area (Å²) in [6.45, 7) is 3.88. The number of benzene rings is 1. The Labute approximate surface area is 150 Å². The average Bonchev–Trinajstić information content (AvgIpc) is 2.88. The maximum absolute atomic E-state index is 12.6. The van der Waals surface area contributed by atoms with E-state index >= 15 is 0 Å². The number of nitrogens with zero attached hydrogens (tertiary/aromatic N) is 1. The zero-order valence-corrected chi connectivity index (χ0v) is 14.4. The number of amides is 2. The molecule has 26 heavy (non-hydrogen) atoms. The zero-order valence-electron chi connectivity index (χ0n) is 14.4. The predicted octanol–water partition coefficient (Wildman–Crippen LogP) is 1.49. The van der Waals surface area contributed by atoms with Crippen molar-refractivity contribution < 1.29 is 14.3 Å². The van der Waals surface area contributed by atoms with Gasteiger partial charge in [0.05, 0.1) is 16.8 Å². The maximum atomic E-state index is 12.6. The molecule has 0 radical (unpaired) electrons. The Balaban J connectivity index is 1.96. The van der Waals surface area contributed by atoms with Gasteiger partial charge < -0.3 is 26.5 Å². The largest absolute Gasteiger partial charge is 0.487 e. The normalized spacial score (nSPS) is 18.4. The van der Waals surface area contributed by atoms with Crippen molar-refractivity contribution in [2.45, 2.75) is 25.9 Å². The Hall–Kier alpha value is -3.42. The van der Waals surface area contributed by atoms with Crippen LogP contribution in [0, 0.1) is 5.41 Å². The van der Waals surface area contributed by atoms with Gasteiger partial charge in [0.1, 0.15) is 17.2 Å². The van der Waals surface area contributed by atoms with E-state index in [-0.39, 0.29) is 22.6 Å². The van der Waals surface area contributed by atoms with Crippen molar-refractivity contribution >= 4 is 29.9 Å². The number of carbonyl (C=O) groups excluding carboxylic acids is 2. The van der Waals surface area contributed by atoms with Crippen molar-refractivity contribution in [3.63, 3.8) is 0 Å². The van der Waals surface area contributed by atoms with Gasteiger partial charge in [-0.3, -0.25) is 9.59 Å². The molecule has 134 valence electrons. The number of ether oxygens (including phenoxy) is 1. The number of nitrogens with two attached hydrogens (primary N) is 1. The van der Waals surface area contributed by atoms with Gasteiger partial charge >= 0.3 is 0 Å². The van der Waals surface area contributed by atoms with Crippen LogP contribution in [0.15, 0.2) is 40.8 Å². The number of anilines is 1. The van der Waals surface area contributed by atoms with Gasteiger partial charge in [0.25, 0.3) is 11.8 Å².